The van der Waals surface area contributed by atoms with Crippen molar-refractivity contribution in [2.45, 2.75) is 25.4 Å². The minimum absolute atomic E-state index is 0.102. The van der Waals surface area contributed by atoms with E-state index in [9.17, 15) is 9.90 Å². The number of piperidine rings is 1. The van der Waals surface area contributed by atoms with Crippen molar-refractivity contribution in [3.8, 4) is 0 Å². The van der Waals surface area contributed by atoms with Crippen LogP contribution in [0.4, 0.5) is 0 Å². The highest BCUT2D eigenvalue weighted by molar-refractivity contribution is 5.77. The summed E-state index contributed by atoms with van der Waals surface area (Å²) in [5.74, 6) is 0.102. The normalized spacial score (nSPS) is 22.7. The highest BCUT2D eigenvalue weighted by Crippen LogP contribution is 2.09. The van der Waals surface area contributed by atoms with Crippen LogP contribution in [0.1, 0.15) is 19.3 Å². The lowest BCUT2D eigenvalue weighted by Crippen LogP contribution is -2.44. The summed E-state index contributed by atoms with van der Waals surface area (Å²) in [6, 6.07) is 0. The lowest BCUT2D eigenvalue weighted by Gasteiger charge is -2.30. The Balaban J connectivity index is 0.000000816. The molecule has 1 atom stereocenters. The largest absolute Gasteiger partial charge is 0.483 e. The number of aliphatic hydroxyl groups excluding tert-OH is 1. The molecule has 23 heavy (non-hydrogen) atoms. The molecule has 0 radical (unpaired) electrons. The SMILES string of the molecule is O=C(CN1CCOCC1)NCCCN1CCCC(O)C1.O=CO. The molecule has 0 aromatic rings. The average Bonchev–Trinajstić information content (AvgIpc) is 2.53. The van der Waals surface area contributed by atoms with Crippen molar-refractivity contribution in [3.63, 3.8) is 0 Å². The molecule has 2 rings (SSSR count). The van der Waals surface area contributed by atoms with Gasteiger partial charge in [-0.25, -0.2) is 0 Å². The molecule has 8 nitrogen and oxygen atoms in total. The lowest BCUT2D eigenvalue weighted by atomic mass is 10.1. The average molecular weight is 331 g/mol. The molecule has 0 bridgehead atoms. The number of carboxylic acid groups (broad SMARTS) is 1. The number of hydrogen-bond donors (Lipinski definition) is 3. The number of amides is 1. The summed E-state index contributed by atoms with van der Waals surface area (Å²) in [6.45, 7) is 6.89. The van der Waals surface area contributed by atoms with E-state index >= 15 is 0 Å². The number of ether oxygens (including phenoxy) is 1. The Morgan fingerprint density at radius 3 is 2.61 bits per heavy atom. The van der Waals surface area contributed by atoms with Crippen LogP contribution in [0.15, 0.2) is 0 Å². The molecule has 8 heteroatoms. The number of nitrogens with one attached hydrogen (secondary N) is 1. The lowest BCUT2D eigenvalue weighted by molar-refractivity contribution is -0.124. The van der Waals surface area contributed by atoms with E-state index in [-0.39, 0.29) is 18.5 Å². The minimum Gasteiger partial charge on any atom is -0.483 e. The van der Waals surface area contributed by atoms with E-state index < -0.39 is 0 Å². The fourth-order valence-corrected chi connectivity index (χ4v) is 2.78. The van der Waals surface area contributed by atoms with E-state index in [0.717, 1.165) is 71.7 Å². The molecule has 134 valence electrons. The van der Waals surface area contributed by atoms with Gasteiger partial charge < -0.3 is 25.2 Å². The number of carbonyl (C=O) groups excluding carboxylic acids is 1. The second-order valence-corrected chi connectivity index (χ2v) is 5.79. The third-order valence-corrected chi connectivity index (χ3v) is 3.92. The molecule has 0 spiro atoms. The summed E-state index contributed by atoms with van der Waals surface area (Å²) in [7, 11) is 0. The standard InChI is InChI=1S/C14H27N3O3.CH2O2/c18-13-3-1-5-16(11-13)6-2-4-15-14(19)12-17-7-9-20-10-8-17;2-1-3/h13,18H,1-12H2,(H,15,19);1H,(H,2,3). The zero-order chi connectivity index (χ0) is 16.9. The number of nitrogens with zero attached hydrogens (tertiary/aromatic N) is 2. The predicted molar refractivity (Wildman–Crippen MR) is 85.3 cm³/mol. The minimum atomic E-state index is -0.250. The molecule has 2 aliphatic heterocycles. The first-order chi connectivity index (χ1) is 11.2. The molecule has 1 unspecified atom stereocenters. The molecule has 1 amide bonds. The smallest absolute Gasteiger partial charge is 0.290 e. The summed E-state index contributed by atoms with van der Waals surface area (Å²) in [5, 5.41) is 19.4. The Morgan fingerprint density at radius 2 is 1.96 bits per heavy atom. The number of aliphatic hydroxyl groups is 1. The van der Waals surface area contributed by atoms with Crippen LogP contribution in [-0.4, -0.2) is 97.5 Å². The first-order valence-electron chi connectivity index (χ1n) is 8.20. The van der Waals surface area contributed by atoms with Gasteiger partial charge in [0, 0.05) is 26.2 Å². The molecule has 0 aromatic heterocycles. The van der Waals surface area contributed by atoms with Crippen molar-refractivity contribution in [1.82, 2.24) is 15.1 Å². The van der Waals surface area contributed by atoms with Gasteiger partial charge in [-0.2, -0.15) is 0 Å². The predicted octanol–water partition coefficient (Wildman–Crippen LogP) is -1.02. The Hall–Kier alpha value is -1.22. The van der Waals surface area contributed by atoms with E-state index in [1.54, 1.807) is 0 Å². The second kappa shape index (κ2) is 12.2. The summed E-state index contributed by atoms with van der Waals surface area (Å²) in [6.07, 6.45) is 2.78. The molecule has 0 aromatic carbocycles. The number of hydrogen-bond acceptors (Lipinski definition) is 6. The van der Waals surface area contributed by atoms with Crippen molar-refractivity contribution in [2.24, 2.45) is 0 Å². The molecular weight excluding hydrogens is 302 g/mol. The first-order valence-corrected chi connectivity index (χ1v) is 8.20. The van der Waals surface area contributed by atoms with E-state index in [2.05, 4.69) is 15.1 Å². The Kier molecular flexibility index (Phi) is 10.5. The van der Waals surface area contributed by atoms with Crippen LogP contribution in [0.2, 0.25) is 0 Å². The summed E-state index contributed by atoms with van der Waals surface area (Å²) in [4.78, 5) is 24.5. The second-order valence-electron chi connectivity index (χ2n) is 5.79. The third kappa shape index (κ3) is 9.50. The maximum absolute atomic E-state index is 11.8. The van der Waals surface area contributed by atoms with Crippen LogP contribution in [0.3, 0.4) is 0 Å². The molecule has 2 fully saturated rings. The van der Waals surface area contributed by atoms with E-state index in [0.29, 0.717) is 6.54 Å². The molecule has 2 aliphatic rings. The maximum atomic E-state index is 11.8. The van der Waals surface area contributed by atoms with Crippen molar-refractivity contribution in [1.29, 1.82) is 0 Å². The molecule has 0 aliphatic carbocycles. The van der Waals surface area contributed by atoms with Crippen LogP contribution < -0.4 is 5.32 Å². The van der Waals surface area contributed by atoms with Gasteiger partial charge in [0.25, 0.3) is 6.47 Å². The van der Waals surface area contributed by atoms with Crippen LogP contribution in [0, 0.1) is 0 Å². The van der Waals surface area contributed by atoms with Crippen molar-refractivity contribution in [2.75, 3.05) is 59.0 Å². The highest BCUT2D eigenvalue weighted by atomic mass is 16.5. The van der Waals surface area contributed by atoms with Gasteiger partial charge in [-0.05, 0) is 32.4 Å². The zero-order valence-electron chi connectivity index (χ0n) is 13.7. The Labute approximate surface area is 137 Å². The summed E-state index contributed by atoms with van der Waals surface area (Å²) >= 11 is 0. The molecular formula is C15H29N3O5. The number of likely N-dealkylation sites (tertiary alicyclic amines) is 1. The van der Waals surface area contributed by atoms with Crippen LogP contribution in [0.25, 0.3) is 0 Å². The molecule has 0 saturated carbocycles. The zero-order valence-corrected chi connectivity index (χ0v) is 13.7. The highest BCUT2D eigenvalue weighted by Gasteiger charge is 2.17. The first kappa shape index (κ1) is 19.8. The van der Waals surface area contributed by atoms with E-state index in [1.165, 1.54) is 0 Å². The van der Waals surface area contributed by atoms with Crippen LogP contribution in [0.5, 0.6) is 0 Å². The van der Waals surface area contributed by atoms with Crippen molar-refractivity contribution >= 4 is 12.4 Å². The fraction of sp³-hybridized carbons (Fsp3) is 0.867. The number of carbonyl (C=O) groups is 2. The van der Waals surface area contributed by atoms with E-state index in [4.69, 9.17) is 14.6 Å². The quantitative estimate of drug-likeness (QED) is 0.423. The summed E-state index contributed by atoms with van der Waals surface area (Å²) < 4.78 is 5.26. The Bertz CT molecular complexity index is 337. The Morgan fingerprint density at radius 1 is 1.26 bits per heavy atom. The van der Waals surface area contributed by atoms with Gasteiger partial charge >= 0.3 is 0 Å². The number of morpholine rings is 1. The molecule has 2 saturated heterocycles. The molecule has 2 heterocycles. The van der Waals surface area contributed by atoms with E-state index in [1.807, 2.05) is 0 Å². The third-order valence-electron chi connectivity index (χ3n) is 3.92. The monoisotopic (exact) mass is 331 g/mol. The summed E-state index contributed by atoms with van der Waals surface area (Å²) in [5.41, 5.74) is 0. The van der Waals surface area contributed by atoms with Gasteiger partial charge in [-0.15, -0.1) is 0 Å². The van der Waals surface area contributed by atoms with Crippen molar-refractivity contribution < 1.29 is 24.5 Å². The van der Waals surface area contributed by atoms with Gasteiger partial charge in [0.1, 0.15) is 0 Å². The maximum Gasteiger partial charge on any atom is 0.290 e. The van der Waals surface area contributed by atoms with Gasteiger partial charge in [-0.1, -0.05) is 0 Å². The van der Waals surface area contributed by atoms with Crippen LogP contribution in [-0.2, 0) is 14.3 Å². The van der Waals surface area contributed by atoms with Gasteiger partial charge in [0.05, 0.1) is 25.9 Å². The van der Waals surface area contributed by atoms with Gasteiger partial charge in [0.15, 0.2) is 0 Å². The number of β-amino-alcohol motifs (C(OH)–C–C–N with tert-alkyl or cyclic N) is 1. The number of rotatable bonds is 6. The van der Waals surface area contributed by atoms with Crippen molar-refractivity contribution in [3.05, 3.63) is 0 Å². The van der Waals surface area contributed by atoms with Crippen LogP contribution >= 0.6 is 0 Å². The topological polar surface area (TPSA) is 102 Å². The molecule has 3 N–H and O–H groups in total. The van der Waals surface area contributed by atoms with Gasteiger partial charge in [-0.3, -0.25) is 14.5 Å². The van der Waals surface area contributed by atoms with Gasteiger partial charge in [0.2, 0.25) is 5.91 Å². The fourth-order valence-electron chi connectivity index (χ4n) is 2.78.